The number of halogens is 1. The molecule has 0 aliphatic carbocycles. The summed E-state index contributed by atoms with van der Waals surface area (Å²) in [4.78, 5) is 12.9. The summed E-state index contributed by atoms with van der Waals surface area (Å²) in [5, 5.41) is 0.311. The fraction of sp³-hybridized carbons (Fsp3) is 0.133. The predicted octanol–water partition coefficient (Wildman–Crippen LogP) is 4.35. The van der Waals surface area contributed by atoms with E-state index >= 15 is 0 Å². The molecule has 1 atom stereocenters. The van der Waals surface area contributed by atoms with Crippen molar-refractivity contribution in [1.29, 1.82) is 0 Å². The maximum absolute atomic E-state index is 11.9. The first-order valence-corrected chi connectivity index (χ1v) is 7.01. The van der Waals surface area contributed by atoms with E-state index in [-0.39, 0.29) is 11.2 Å². The van der Waals surface area contributed by atoms with Crippen LogP contribution in [0.1, 0.15) is 10.8 Å². The molecule has 0 saturated heterocycles. The minimum atomic E-state index is -0.368. The number of hydrogen-bond acceptors (Lipinski definition) is 3. The van der Waals surface area contributed by atoms with Crippen molar-refractivity contribution in [2.45, 2.75) is 10.1 Å². The van der Waals surface area contributed by atoms with Gasteiger partial charge in [-0.3, -0.25) is 4.79 Å². The van der Waals surface area contributed by atoms with Gasteiger partial charge in [-0.1, -0.05) is 41.9 Å². The lowest BCUT2D eigenvalue weighted by Gasteiger charge is -2.14. The molecule has 0 saturated carbocycles. The van der Waals surface area contributed by atoms with E-state index in [2.05, 4.69) is 0 Å². The first-order valence-electron chi connectivity index (χ1n) is 5.75. The fourth-order valence-corrected chi connectivity index (χ4v) is 2.81. The van der Waals surface area contributed by atoms with Crippen LogP contribution in [0.4, 0.5) is 0 Å². The van der Waals surface area contributed by atoms with E-state index in [4.69, 9.17) is 16.3 Å². The number of methoxy groups -OCH3 is 1. The Kier molecular flexibility index (Phi) is 4.88. The maximum atomic E-state index is 11.9. The van der Waals surface area contributed by atoms with Crippen molar-refractivity contribution < 1.29 is 9.53 Å². The lowest BCUT2D eigenvalue weighted by atomic mass is 10.1. The van der Waals surface area contributed by atoms with Gasteiger partial charge in [0.05, 0.1) is 7.11 Å². The Morgan fingerprint density at radius 1 is 1.11 bits per heavy atom. The Bertz CT molecular complexity index is 540. The fourth-order valence-electron chi connectivity index (χ4n) is 1.64. The molecule has 2 nitrogen and oxygen atoms in total. The largest absolute Gasteiger partial charge is 0.468 e. The molecule has 0 heterocycles. The molecule has 0 N–H and O–H groups in total. The zero-order valence-corrected chi connectivity index (χ0v) is 11.9. The van der Waals surface area contributed by atoms with Crippen molar-refractivity contribution in [2.75, 3.05) is 7.11 Å². The standard InChI is InChI=1S/C15H13ClO2S/c1-18-15(17)14(11-5-3-2-4-6-11)19-13-9-7-12(16)8-10-13/h2-10,14H,1H3/t14-/m0/s1. The summed E-state index contributed by atoms with van der Waals surface area (Å²) in [5.74, 6) is -0.258. The molecule has 0 radical (unpaired) electrons. The highest BCUT2D eigenvalue weighted by Crippen LogP contribution is 2.36. The number of carbonyl (C=O) groups excluding carboxylic acids is 1. The number of carbonyl (C=O) groups is 1. The second-order valence-electron chi connectivity index (χ2n) is 3.89. The van der Waals surface area contributed by atoms with Crippen molar-refractivity contribution in [3.8, 4) is 0 Å². The molecule has 0 unspecified atom stereocenters. The third-order valence-corrected chi connectivity index (χ3v) is 4.08. The average molecular weight is 293 g/mol. The van der Waals surface area contributed by atoms with Gasteiger partial charge in [0, 0.05) is 9.92 Å². The van der Waals surface area contributed by atoms with E-state index < -0.39 is 0 Å². The summed E-state index contributed by atoms with van der Waals surface area (Å²) in [6.07, 6.45) is 0. The van der Waals surface area contributed by atoms with Crippen LogP contribution in [-0.2, 0) is 9.53 Å². The Morgan fingerprint density at radius 2 is 1.74 bits per heavy atom. The maximum Gasteiger partial charge on any atom is 0.323 e. The Labute approximate surface area is 121 Å². The second-order valence-corrected chi connectivity index (χ2v) is 5.50. The number of ether oxygens (including phenoxy) is 1. The topological polar surface area (TPSA) is 26.3 Å². The summed E-state index contributed by atoms with van der Waals surface area (Å²) in [5.41, 5.74) is 0.925. The van der Waals surface area contributed by atoms with Crippen LogP contribution in [0.5, 0.6) is 0 Å². The molecule has 2 rings (SSSR count). The molecule has 0 aromatic heterocycles. The lowest BCUT2D eigenvalue weighted by molar-refractivity contribution is -0.140. The van der Waals surface area contributed by atoms with Crippen molar-refractivity contribution in [1.82, 2.24) is 0 Å². The minimum absolute atomic E-state index is 0.258. The van der Waals surface area contributed by atoms with Gasteiger partial charge in [0.25, 0.3) is 0 Å². The Morgan fingerprint density at radius 3 is 2.32 bits per heavy atom. The van der Waals surface area contributed by atoms with Crippen LogP contribution in [-0.4, -0.2) is 13.1 Å². The zero-order chi connectivity index (χ0) is 13.7. The van der Waals surface area contributed by atoms with Crippen molar-refractivity contribution in [3.05, 3.63) is 65.2 Å². The number of esters is 1. The highest BCUT2D eigenvalue weighted by molar-refractivity contribution is 8.00. The summed E-state index contributed by atoms with van der Waals surface area (Å²) in [6.45, 7) is 0. The van der Waals surface area contributed by atoms with E-state index in [9.17, 15) is 4.79 Å². The predicted molar refractivity (Wildman–Crippen MR) is 78.5 cm³/mol. The molecule has 98 valence electrons. The SMILES string of the molecule is COC(=O)[C@@H](Sc1ccc(Cl)cc1)c1ccccc1. The Hall–Kier alpha value is -1.45. The van der Waals surface area contributed by atoms with Crippen LogP contribution >= 0.6 is 23.4 Å². The molecular formula is C15H13ClO2S. The van der Waals surface area contributed by atoms with Crippen LogP contribution < -0.4 is 0 Å². The molecule has 2 aromatic carbocycles. The zero-order valence-electron chi connectivity index (χ0n) is 10.4. The number of benzene rings is 2. The highest BCUT2D eigenvalue weighted by Gasteiger charge is 2.22. The van der Waals surface area contributed by atoms with Gasteiger partial charge in [-0.15, -0.1) is 11.8 Å². The van der Waals surface area contributed by atoms with Gasteiger partial charge in [-0.05, 0) is 29.8 Å². The Balaban J connectivity index is 2.24. The summed E-state index contributed by atoms with van der Waals surface area (Å²) >= 11 is 7.30. The number of hydrogen-bond donors (Lipinski definition) is 0. The summed E-state index contributed by atoms with van der Waals surface area (Å²) in [6, 6.07) is 17.0. The van der Waals surface area contributed by atoms with Crippen molar-refractivity contribution in [3.63, 3.8) is 0 Å². The van der Waals surface area contributed by atoms with Crippen LogP contribution in [0.3, 0.4) is 0 Å². The monoisotopic (exact) mass is 292 g/mol. The molecule has 0 spiro atoms. The lowest BCUT2D eigenvalue weighted by Crippen LogP contribution is -2.10. The van der Waals surface area contributed by atoms with Gasteiger partial charge in [0.2, 0.25) is 0 Å². The van der Waals surface area contributed by atoms with Gasteiger partial charge in [0.1, 0.15) is 5.25 Å². The van der Waals surface area contributed by atoms with Crippen molar-refractivity contribution >= 4 is 29.3 Å². The molecule has 0 fully saturated rings. The molecule has 0 aliphatic rings. The normalized spacial score (nSPS) is 11.9. The third-order valence-electron chi connectivity index (χ3n) is 2.59. The van der Waals surface area contributed by atoms with E-state index in [0.29, 0.717) is 5.02 Å². The average Bonchev–Trinajstić information content (AvgIpc) is 2.47. The first-order chi connectivity index (χ1) is 9.20. The molecule has 0 bridgehead atoms. The first kappa shape index (κ1) is 14.0. The van der Waals surface area contributed by atoms with Crippen LogP contribution in [0.2, 0.25) is 5.02 Å². The van der Waals surface area contributed by atoms with E-state index in [0.717, 1.165) is 10.5 Å². The molecule has 2 aromatic rings. The summed E-state index contributed by atoms with van der Waals surface area (Å²) < 4.78 is 4.88. The van der Waals surface area contributed by atoms with Gasteiger partial charge in [-0.25, -0.2) is 0 Å². The molecule has 4 heteroatoms. The number of thioether (sulfide) groups is 1. The summed E-state index contributed by atoms with van der Waals surface area (Å²) in [7, 11) is 1.40. The van der Waals surface area contributed by atoms with Gasteiger partial charge in [-0.2, -0.15) is 0 Å². The second kappa shape index (κ2) is 6.64. The van der Waals surface area contributed by atoms with Gasteiger partial charge >= 0.3 is 5.97 Å². The van der Waals surface area contributed by atoms with Gasteiger partial charge in [0.15, 0.2) is 0 Å². The van der Waals surface area contributed by atoms with E-state index in [1.807, 2.05) is 54.6 Å². The smallest absolute Gasteiger partial charge is 0.323 e. The molecule has 0 aliphatic heterocycles. The number of rotatable bonds is 4. The van der Waals surface area contributed by atoms with E-state index in [1.54, 1.807) is 0 Å². The van der Waals surface area contributed by atoms with Crippen molar-refractivity contribution in [2.24, 2.45) is 0 Å². The molecule has 0 amide bonds. The molecular weight excluding hydrogens is 280 g/mol. The molecule has 19 heavy (non-hydrogen) atoms. The van der Waals surface area contributed by atoms with Crippen LogP contribution in [0.25, 0.3) is 0 Å². The van der Waals surface area contributed by atoms with E-state index in [1.165, 1.54) is 18.9 Å². The quantitative estimate of drug-likeness (QED) is 0.619. The van der Waals surface area contributed by atoms with Crippen LogP contribution in [0, 0.1) is 0 Å². The van der Waals surface area contributed by atoms with Crippen LogP contribution in [0.15, 0.2) is 59.5 Å². The highest BCUT2D eigenvalue weighted by atomic mass is 35.5. The van der Waals surface area contributed by atoms with Gasteiger partial charge < -0.3 is 4.74 Å². The third kappa shape index (κ3) is 3.75. The minimum Gasteiger partial charge on any atom is -0.468 e.